The van der Waals surface area contributed by atoms with Crippen LogP contribution in [-0.2, 0) is 10.8 Å². The van der Waals surface area contributed by atoms with Gasteiger partial charge in [0.1, 0.15) is 92.5 Å². The highest BCUT2D eigenvalue weighted by molar-refractivity contribution is 5.53. The van der Waals surface area contributed by atoms with Gasteiger partial charge in [-0.15, -0.1) is 0 Å². The van der Waals surface area contributed by atoms with Crippen molar-refractivity contribution >= 4 is 0 Å². The van der Waals surface area contributed by atoms with Crippen molar-refractivity contribution < 1.29 is 43.7 Å². The van der Waals surface area contributed by atoms with Crippen molar-refractivity contribution in [2.45, 2.75) is 49.9 Å². The fraction of sp³-hybridized carbons (Fsp3) is 0.250. The van der Waals surface area contributed by atoms with Crippen LogP contribution in [0.15, 0.2) is 188 Å². The number of hydrogen-bond donors (Lipinski definition) is 3. The SMILES string of the molecule is CC(C)(c1ccc(OCC(O)COc2ccccc2)cc1)c1ccc(C(C)(c2ccc(OCC(O)COc3ccccc3)cc2)c2ccc(OCC(O)COc3ccccc3)cc2)cc1. The van der Waals surface area contributed by atoms with Crippen molar-refractivity contribution in [1.82, 2.24) is 0 Å². The number of ether oxygens (including phenoxy) is 6. The van der Waals surface area contributed by atoms with Gasteiger partial charge in [0, 0.05) is 10.8 Å². The lowest BCUT2D eigenvalue weighted by Crippen LogP contribution is -2.27. The lowest BCUT2D eigenvalue weighted by Gasteiger charge is -2.33. The molecule has 336 valence electrons. The Morgan fingerprint density at radius 1 is 0.292 bits per heavy atom. The quantitative estimate of drug-likeness (QED) is 0.0541. The van der Waals surface area contributed by atoms with E-state index in [1.54, 1.807) is 0 Å². The molecule has 7 aromatic rings. The predicted octanol–water partition coefficient (Wildman–Crippen LogP) is 9.82. The average Bonchev–Trinajstić information content (AvgIpc) is 3.36. The molecule has 0 fully saturated rings. The normalized spacial score (nSPS) is 13.7. The number of aliphatic hydroxyl groups is 3. The zero-order chi connectivity index (χ0) is 45.5. The van der Waals surface area contributed by atoms with Gasteiger partial charge in [0.15, 0.2) is 0 Å². The van der Waals surface area contributed by atoms with Gasteiger partial charge in [0.25, 0.3) is 0 Å². The van der Waals surface area contributed by atoms with E-state index in [0.29, 0.717) is 34.5 Å². The molecule has 3 atom stereocenters. The van der Waals surface area contributed by atoms with Crippen LogP contribution in [0, 0.1) is 0 Å². The Balaban J connectivity index is 1.04. The highest BCUT2D eigenvalue weighted by Gasteiger charge is 2.32. The minimum absolute atomic E-state index is 0.0821. The molecule has 7 rings (SSSR count). The second-order valence-electron chi connectivity index (χ2n) is 16.7. The molecule has 7 aromatic carbocycles. The summed E-state index contributed by atoms with van der Waals surface area (Å²) in [5.41, 5.74) is 4.50. The van der Waals surface area contributed by atoms with Crippen molar-refractivity contribution in [1.29, 1.82) is 0 Å². The third-order valence-electron chi connectivity index (χ3n) is 11.5. The van der Waals surface area contributed by atoms with Gasteiger partial charge in [-0.2, -0.15) is 0 Å². The van der Waals surface area contributed by atoms with Gasteiger partial charge in [-0.1, -0.05) is 129 Å². The number of benzene rings is 7. The smallest absolute Gasteiger partial charge is 0.122 e. The first-order valence-electron chi connectivity index (χ1n) is 21.9. The standard InChI is InChI=1S/C56H58O9/c1-55(2,42-23-29-52(30-24-42)63-38-46(57)35-60-49-13-7-4-8-14-49)41-19-21-43(22-20-41)56(3,44-25-31-53(32-26-44)64-39-47(58)36-61-50-15-9-5-10-16-50)45-27-33-54(34-28-45)65-40-48(59)37-62-51-17-11-6-12-18-51/h4-34,46-48,57-59H,35-40H2,1-3H3. The van der Waals surface area contributed by atoms with Crippen LogP contribution < -0.4 is 28.4 Å². The maximum absolute atomic E-state index is 10.6. The summed E-state index contributed by atoms with van der Waals surface area (Å²) >= 11 is 0. The summed E-state index contributed by atoms with van der Waals surface area (Å²) in [6.07, 6.45) is -2.39. The van der Waals surface area contributed by atoms with E-state index in [1.165, 1.54) is 0 Å². The molecule has 0 spiro atoms. The first-order chi connectivity index (χ1) is 31.6. The number of aliphatic hydroxyl groups excluding tert-OH is 3. The van der Waals surface area contributed by atoms with Gasteiger partial charge in [-0.25, -0.2) is 0 Å². The van der Waals surface area contributed by atoms with E-state index in [-0.39, 0.29) is 45.1 Å². The van der Waals surface area contributed by atoms with Crippen molar-refractivity contribution in [3.8, 4) is 34.5 Å². The van der Waals surface area contributed by atoms with E-state index in [1.807, 2.05) is 127 Å². The number of rotatable bonds is 23. The Kier molecular flexibility index (Phi) is 15.8. The summed E-state index contributed by atoms with van der Waals surface area (Å²) < 4.78 is 34.9. The Labute approximate surface area is 382 Å². The lowest BCUT2D eigenvalue weighted by atomic mass is 9.70. The molecule has 65 heavy (non-hydrogen) atoms. The first-order valence-corrected chi connectivity index (χ1v) is 21.9. The first kappa shape index (κ1) is 46.2. The van der Waals surface area contributed by atoms with Gasteiger partial charge in [-0.05, 0) is 108 Å². The maximum atomic E-state index is 10.6. The topological polar surface area (TPSA) is 116 Å². The third-order valence-corrected chi connectivity index (χ3v) is 11.5. The molecule has 3 unspecified atom stereocenters. The predicted molar refractivity (Wildman–Crippen MR) is 254 cm³/mol. The second-order valence-corrected chi connectivity index (χ2v) is 16.7. The molecule has 0 heterocycles. The molecule has 0 amide bonds. The summed E-state index contributed by atoms with van der Waals surface area (Å²) in [7, 11) is 0. The third kappa shape index (κ3) is 12.7. The zero-order valence-electron chi connectivity index (χ0n) is 37.2. The maximum Gasteiger partial charge on any atom is 0.122 e. The minimum atomic E-state index is -0.808. The Bertz CT molecular complexity index is 2350. The fourth-order valence-corrected chi connectivity index (χ4v) is 7.47. The van der Waals surface area contributed by atoms with E-state index in [4.69, 9.17) is 28.4 Å². The monoisotopic (exact) mass is 874 g/mol. The molecular formula is C56H58O9. The molecule has 0 radical (unpaired) electrons. The zero-order valence-corrected chi connectivity index (χ0v) is 37.2. The molecular weight excluding hydrogens is 817 g/mol. The van der Waals surface area contributed by atoms with E-state index in [2.05, 4.69) is 81.4 Å². The highest BCUT2D eigenvalue weighted by Crippen LogP contribution is 2.41. The summed E-state index contributed by atoms with van der Waals surface area (Å²) in [6, 6.07) is 60.9. The van der Waals surface area contributed by atoms with Crippen molar-refractivity contribution in [3.05, 3.63) is 216 Å². The molecule has 0 aliphatic carbocycles. The average molecular weight is 875 g/mol. The number of para-hydroxylation sites is 3. The molecule has 9 nitrogen and oxygen atoms in total. The van der Waals surface area contributed by atoms with Gasteiger partial charge in [0.2, 0.25) is 0 Å². The lowest BCUT2D eigenvalue weighted by molar-refractivity contribution is 0.0626. The van der Waals surface area contributed by atoms with Gasteiger partial charge >= 0.3 is 0 Å². The van der Waals surface area contributed by atoms with Crippen LogP contribution in [0.3, 0.4) is 0 Å². The molecule has 9 heteroatoms. The molecule has 0 aliphatic heterocycles. The van der Waals surface area contributed by atoms with Crippen LogP contribution in [-0.4, -0.2) is 73.3 Å². The Morgan fingerprint density at radius 3 is 0.754 bits per heavy atom. The van der Waals surface area contributed by atoms with Crippen molar-refractivity contribution in [3.63, 3.8) is 0 Å². The van der Waals surface area contributed by atoms with Crippen LogP contribution in [0.1, 0.15) is 48.6 Å². The van der Waals surface area contributed by atoms with E-state index in [0.717, 1.165) is 27.8 Å². The van der Waals surface area contributed by atoms with Gasteiger partial charge < -0.3 is 43.7 Å². The van der Waals surface area contributed by atoms with Crippen LogP contribution >= 0.6 is 0 Å². The van der Waals surface area contributed by atoms with Crippen LogP contribution in [0.4, 0.5) is 0 Å². The van der Waals surface area contributed by atoms with Crippen molar-refractivity contribution in [2.24, 2.45) is 0 Å². The van der Waals surface area contributed by atoms with E-state index in [9.17, 15) is 15.3 Å². The van der Waals surface area contributed by atoms with E-state index >= 15 is 0 Å². The largest absolute Gasteiger partial charge is 0.491 e. The molecule has 3 N–H and O–H groups in total. The van der Waals surface area contributed by atoms with Crippen LogP contribution in [0.2, 0.25) is 0 Å². The van der Waals surface area contributed by atoms with Crippen LogP contribution in [0.25, 0.3) is 0 Å². The highest BCUT2D eigenvalue weighted by atomic mass is 16.5. The molecule has 0 saturated carbocycles. The van der Waals surface area contributed by atoms with E-state index < -0.39 is 23.7 Å². The summed E-state index contributed by atoms with van der Waals surface area (Å²) in [4.78, 5) is 0. The Hall–Kier alpha value is -6.78. The summed E-state index contributed by atoms with van der Waals surface area (Å²) in [6.45, 7) is 7.26. The molecule has 0 saturated heterocycles. The number of hydrogen-bond acceptors (Lipinski definition) is 9. The molecule has 0 aromatic heterocycles. The second kappa shape index (κ2) is 22.2. The summed E-state index contributed by atoms with van der Waals surface area (Å²) in [5, 5.41) is 31.6. The molecule has 0 aliphatic rings. The summed E-state index contributed by atoms with van der Waals surface area (Å²) in [5.74, 6) is 4.02. The van der Waals surface area contributed by atoms with Gasteiger partial charge in [0.05, 0.1) is 0 Å². The minimum Gasteiger partial charge on any atom is -0.491 e. The van der Waals surface area contributed by atoms with Gasteiger partial charge in [-0.3, -0.25) is 0 Å². The fourth-order valence-electron chi connectivity index (χ4n) is 7.47. The van der Waals surface area contributed by atoms with Crippen LogP contribution in [0.5, 0.6) is 34.5 Å². The molecule has 0 bridgehead atoms. The Morgan fingerprint density at radius 2 is 0.492 bits per heavy atom. The van der Waals surface area contributed by atoms with Crippen molar-refractivity contribution in [2.75, 3.05) is 39.6 Å².